The minimum atomic E-state index is -1.60. The second-order valence-corrected chi connectivity index (χ2v) is 7.10. The molecule has 0 aromatic heterocycles. The van der Waals surface area contributed by atoms with Gasteiger partial charge in [0, 0.05) is 6.61 Å². The SMILES string of the molecule is C=C(CCN)[Si](C)(C)OCC. The van der Waals surface area contributed by atoms with E-state index in [1.807, 2.05) is 6.92 Å². The van der Waals surface area contributed by atoms with Crippen molar-refractivity contribution in [3.8, 4) is 0 Å². The topological polar surface area (TPSA) is 35.2 Å². The average molecular weight is 173 g/mol. The maximum Gasteiger partial charge on any atom is 0.213 e. The van der Waals surface area contributed by atoms with Crippen LogP contribution >= 0.6 is 0 Å². The molecule has 2 nitrogen and oxygen atoms in total. The van der Waals surface area contributed by atoms with Gasteiger partial charge in [-0.1, -0.05) is 5.20 Å². The molecule has 0 amide bonds. The fourth-order valence-corrected chi connectivity index (χ4v) is 2.61. The zero-order valence-corrected chi connectivity index (χ0v) is 8.81. The molecular weight excluding hydrogens is 154 g/mol. The van der Waals surface area contributed by atoms with Crippen molar-refractivity contribution in [2.24, 2.45) is 5.73 Å². The Labute approximate surface area is 70.6 Å². The normalized spacial score (nSPS) is 11.6. The van der Waals surface area contributed by atoms with Crippen molar-refractivity contribution >= 4 is 8.32 Å². The molecule has 0 saturated carbocycles. The summed E-state index contributed by atoms with van der Waals surface area (Å²) >= 11 is 0. The zero-order chi connectivity index (χ0) is 8.91. The molecule has 0 aliphatic heterocycles. The lowest BCUT2D eigenvalue weighted by Crippen LogP contribution is -2.34. The standard InChI is InChI=1S/C8H19NOSi/c1-5-10-11(3,4)8(2)6-7-9/h2,5-7,9H2,1,3-4H3. The van der Waals surface area contributed by atoms with Gasteiger partial charge in [0.25, 0.3) is 0 Å². The minimum absolute atomic E-state index is 0.683. The van der Waals surface area contributed by atoms with Crippen LogP contribution in [0.5, 0.6) is 0 Å². The summed E-state index contributed by atoms with van der Waals surface area (Å²) in [6.07, 6.45) is 0.902. The van der Waals surface area contributed by atoms with E-state index < -0.39 is 8.32 Å². The Morgan fingerprint density at radius 3 is 2.45 bits per heavy atom. The minimum Gasteiger partial charge on any atom is -0.414 e. The highest BCUT2D eigenvalue weighted by molar-refractivity contribution is 6.78. The monoisotopic (exact) mass is 173 g/mol. The maximum absolute atomic E-state index is 5.63. The summed E-state index contributed by atoms with van der Waals surface area (Å²) in [7, 11) is -1.60. The molecule has 0 fully saturated rings. The lowest BCUT2D eigenvalue weighted by atomic mass is 10.4. The summed E-state index contributed by atoms with van der Waals surface area (Å²) in [5.74, 6) is 0. The van der Waals surface area contributed by atoms with E-state index in [9.17, 15) is 0 Å². The van der Waals surface area contributed by atoms with Crippen LogP contribution in [0.25, 0.3) is 0 Å². The third kappa shape index (κ3) is 3.70. The summed E-state index contributed by atoms with van der Waals surface area (Å²) in [5, 5.41) is 1.21. The lowest BCUT2D eigenvalue weighted by molar-refractivity contribution is 0.335. The van der Waals surface area contributed by atoms with Crippen LogP contribution in [0.1, 0.15) is 13.3 Å². The summed E-state index contributed by atoms with van der Waals surface area (Å²) in [6.45, 7) is 11.8. The van der Waals surface area contributed by atoms with Gasteiger partial charge in [0.05, 0.1) is 0 Å². The van der Waals surface area contributed by atoms with Crippen LogP contribution in [-0.2, 0) is 4.43 Å². The van der Waals surface area contributed by atoms with Crippen LogP contribution in [0.2, 0.25) is 13.1 Å². The van der Waals surface area contributed by atoms with Gasteiger partial charge < -0.3 is 10.2 Å². The molecule has 0 saturated heterocycles. The van der Waals surface area contributed by atoms with Crippen molar-refractivity contribution in [2.75, 3.05) is 13.2 Å². The van der Waals surface area contributed by atoms with Gasteiger partial charge in [-0.2, -0.15) is 0 Å². The molecular formula is C8H19NOSi. The van der Waals surface area contributed by atoms with Gasteiger partial charge in [0.1, 0.15) is 0 Å². The quantitative estimate of drug-likeness (QED) is 0.642. The first-order valence-corrected chi connectivity index (χ1v) is 6.97. The van der Waals surface area contributed by atoms with Gasteiger partial charge in [0.2, 0.25) is 8.32 Å². The Balaban J connectivity index is 3.94. The van der Waals surface area contributed by atoms with E-state index in [4.69, 9.17) is 10.2 Å². The van der Waals surface area contributed by atoms with E-state index in [-0.39, 0.29) is 0 Å². The van der Waals surface area contributed by atoms with Crippen LogP contribution < -0.4 is 5.73 Å². The molecule has 0 aromatic carbocycles. The Kier molecular flexibility index (Phi) is 4.64. The summed E-state index contributed by atoms with van der Waals surface area (Å²) in [4.78, 5) is 0. The van der Waals surface area contributed by atoms with E-state index in [0.29, 0.717) is 6.54 Å². The number of nitrogens with two attached hydrogens (primary N) is 1. The first kappa shape index (κ1) is 10.9. The van der Waals surface area contributed by atoms with Gasteiger partial charge in [-0.25, -0.2) is 0 Å². The highest BCUT2D eigenvalue weighted by Crippen LogP contribution is 2.16. The first-order chi connectivity index (χ1) is 5.04. The summed E-state index contributed by atoms with van der Waals surface area (Å²) in [6, 6.07) is 0. The Bertz CT molecular complexity index is 134. The highest BCUT2D eigenvalue weighted by atomic mass is 28.4. The molecule has 66 valence electrons. The van der Waals surface area contributed by atoms with Gasteiger partial charge in [-0.3, -0.25) is 0 Å². The maximum atomic E-state index is 5.63. The second kappa shape index (κ2) is 4.69. The molecule has 3 heteroatoms. The van der Waals surface area contributed by atoms with Crippen molar-refractivity contribution in [2.45, 2.75) is 26.4 Å². The molecule has 0 radical (unpaired) electrons. The average Bonchev–Trinajstić information content (AvgIpc) is 1.88. The predicted molar refractivity (Wildman–Crippen MR) is 51.9 cm³/mol. The van der Waals surface area contributed by atoms with Crippen LogP contribution in [-0.4, -0.2) is 21.5 Å². The van der Waals surface area contributed by atoms with E-state index in [1.165, 1.54) is 5.20 Å². The highest BCUT2D eigenvalue weighted by Gasteiger charge is 2.24. The van der Waals surface area contributed by atoms with Crippen molar-refractivity contribution < 1.29 is 4.43 Å². The van der Waals surface area contributed by atoms with Crippen LogP contribution in [0.3, 0.4) is 0 Å². The molecule has 0 spiro atoms. The lowest BCUT2D eigenvalue weighted by Gasteiger charge is -2.24. The Morgan fingerprint density at radius 2 is 2.09 bits per heavy atom. The molecule has 11 heavy (non-hydrogen) atoms. The van der Waals surface area contributed by atoms with Crippen LogP contribution in [0.15, 0.2) is 11.8 Å². The summed E-state index contributed by atoms with van der Waals surface area (Å²) in [5.41, 5.74) is 5.43. The first-order valence-electron chi connectivity index (χ1n) is 4.07. The van der Waals surface area contributed by atoms with Gasteiger partial charge in [-0.05, 0) is 33.0 Å². The van der Waals surface area contributed by atoms with Crippen molar-refractivity contribution in [3.63, 3.8) is 0 Å². The van der Waals surface area contributed by atoms with E-state index in [1.54, 1.807) is 0 Å². The van der Waals surface area contributed by atoms with Gasteiger partial charge >= 0.3 is 0 Å². The van der Waals surface area contributed by atoms with Crippen molar-refractivity contribution in [1.82, 2.24) is 0 Å². The largest absolute Gasteiger partial charge is 0.414 e. The fraction of sp³-hybridized carbons (Fsp3) is 0.750. The molecule has 2 N–H and O–H groups in total. The molecule has 0 bridgehead atoms. The Hall–Kier alpha value is -0.123. The van der Waals surface area contributed by atoms with Crippen molar-refractivity contribution in [1.29, 1.82) is 0 Å². The zero-order valence-electron chi connectivity index (χ0n) is 7.81. The fourth-order valence-electron chi connectivity index (χ4n) is 0.938. The predicted octanol–water partition coefficient (Wildman–Crippen LogP) is 1.67. The van der Waals surface area contributed by atoms with Gasteiger partial charge in [-0.15, -0.1) is 6.58 Å². The molecule has 0 unspecified atom stereocenters. The number of hydrogen-bond acceptors (Lipinski definition) is 2. The molecule has 0 heterocycles. The molecule has 0 rings (SSSR count). The van der Waals surface area contributed by atoms with Gasteiger partial charge in [0.15, 0.2) is 0 Å². The number of rotatable bonds is 5. The van der Waals surface area contributed by atoms with E-state index in [0.717, 1.165) is 13.0 Å². The third-order valence-corrected chi connectivity index (χ3v) is 4.77. The molecule has 0 aliphatic carbocycles. The second-order valence-electron chi connectivity index (χ2n) is 3.09. The smallest absolute Gasteiger partial charge is 0.213 e. The molecule has 0 aromatic rings. The Morgan fingerprint density at radius 1 is 1.55 bits per heavy atom. The molecule has 0 atom stereocenters. The van der Waals surface area contributed by atoms with Crippen LogP contribution in [0, 0.1) is 0 Å². The summed E-state index contributed by atoms with van der Waals surface area (Å²) < 4.78 is 5.63. The van der Waals surface area contributed by atoms with E-state index >= 15 is 0 Å². The molecule has 0 aliphatic rings. The third-order valence-electron chi connectivity index (χ3n) is 1.80. The van der Waals surface area contributed by atoms with Crippen LogP contribution in [0.4, 0.5) is 0 Å². The number of hydrogen-bond donors (Lipinski definition) is 1. The van der Waals surface area contributed by atoms with E-state index in [2.05, 4.69) is 19.7 Å². The van der Waals surface area contributed by atoms with Crippen molar-refractivity contribution in [3.05, 3.63) is 11.8 Å².